The SMILES string of the molecule is CC[C@@H](C)NC(=O)CN1C(=O)N[C@](CC)(c2ccc(Cl)cc2)C1=O. The normalized spacial score (nSPS) is 21.6. The van der Waals surface area contributed by atoms with Crippen LogP contribution >= 0.6 is 11.6 Å². The van der Waals surface area contributed by atoms with E-state index in [-0.39, 0.29) is 18.5 Å². The summed E-state index contributed by atoms with van der Waals surface area (Å²) < 4.78 is 0. The van der Waals surface area contributed by atoms with Crippen LogP contribution in [0, 0.1) is 0 Å². The Kier molecular flexibility index (Phi) is 5.49. The Hall–Kier alpha value is -2.08. The molecule has 2 rings (SSSR count). The molecule has 0 unspecified atom stereocenters. The number of nitrogens with one attached hydrogen (secondary N) is 2. The molecule has 24 heavy (non-hydrogen) atoms. The minimum absolute atomic E-state index is 0.00883. The first-order valence-corrected chi connectivity index (χ1v) is 8.41. The molecule has 1 aromatic carbocycles. The van der Waals surface area contributed by atoms with Gasteiger partial charge in [0.25, 0.3) is 5.91 Å². The Bertz CT molecular complexity index is 647. The van der Waals surface area contributed by atoms with E-state index in [1.54, 1.807) is 24.3 Å². The summed E-state index contributed by atoms with van der Waals surface area (Å²) in [5.41, 5.74) is -0.504. The summed E-state index contributed by atoms with van der Waals surface area (Å²) in [5.74, 6) is -0.771. The highest BCUT2D eigenvalue weighted by atomic mass is 35.5. The van der Waals surface area contributed by atoms with Gasteiger partial charge in [-0.2, -0.15) is 0 Å². The average Bonchev–Trinajstić information content (AvgIpc) is 2.80. The molecule has 1 aliphatic heterocycles. The number of hydrogen-bond acceptors (Lipinski definition) is 3. The van der Waals surface area contributed by atoms with E-state index in [9.17, 15) is 14.4 Å². The summed E-state index contributed by atoms with van der Waals surface area (Å²) >= 11 is 5.90. The minimum Gasteiger partial charge on any atom is -0.352 e. The van der Waals surface area contributed by atoms with Crippen LogP contribution in [0.5, 0.6) is 0 Å². The van der Waals surface area contributed by atoms with Crippen LogP contribution in [0.3, 0.4) is 0 Å². The molecule has 1 aromatic rings. The first-order valence-electron chi connectivity index (χ1n) is 8.03. The predicted octanol–water partition coefficient (Wildman–Crippen LogP) is 2.41. The first kappa shape index (κ1) is 18.3. The number of nitrogens with zero attached hydrogens (tertiary/aromatic N) is 1. The molecule has 2 N–H and O–H groups in total. The maximum absolute atomic E-state index is 12.9. The summed E-state index contributed by atoms with van der Waals surface area (Å²) in [6, 6.07) is 6.21. The molecule has 0 aromatic heterocycles. The van der Waals surface area contributed by atoms with Gasteiger partial charge in [0.1, 0.15) is 12.1 Å². The predicted molar refractivity (Wildman–Crippen MR) is 91.6 cm³/mol. The van der Waals surface area contributed by atoms with Crippen molar-refractivity contribution in [2.75, 3.05) is 6.54 Å². The molecule has 6 nitrogen and oxygen atoms in total. The van der Waals surface area contributed by atoms with Gasteiger partial charge in [-0.15, -0.1) is 0 Å². The zero-order valence-corrected chi connectivity index (χ0v) is 14.8. The summed E-state index contributed by atoms with van der Waals surface area (Å²) in [6.07, 6.45) is 1.15. The summed E-state index contributed by atoms with van der Waals surface area (Å²) in [7, 11) is 0. The first-order chi connectivity index (χ1) is 11.3. The molecule has 0 saturated carbocycles. The highest BCUT2D eigenvalue weighted by molar-refractivity contribution is 6.30. The maximum Gasteiger partial charge on any atom is 0.325 e. The second-order valence-electron chi connectivity index (χ2n) is 5.96. The summed E-state index contributed by atoms with van der Waals surface area (Å²) in [4.78, 5) is 38.2. The molecule has 1 saturated heterocycles. The number of halogens is 1. The number of carbonyl (C=O) groups is 3. The van der Waals surface area contributed by atoms with E-state index < -0.39 is 17.5 Å². The van der Waals surface area contributed by atoms with Gasteiger partial charge in [0.2, 0.25) is 5.91 Å². The molecule has 2 atom stereocenters. The van der Waals surface area contributed by atoms with Gasteiger partial charge in [-0.3, -0.25) is 14.5 Å². The Morgan fingerprint density at radius 1 is 1.29 bits per heavy atom. The van der Waals surface area contributed by atoms with Gasteiger partial charge in [-0.1, -0.05) is 37.6 Å². The van der Waals surface area contributed by atoms with Gasteiger partial charge < -0.3 is 10.6 Å². The van der Waals surface area contributed by atoms with Crippen LogP contribution < -0.4 is 10.6 Å². The second-order valence-corrected chi connectivity index (χ2v) is 6.40. The standard InChI is InChI=1S/C17H22ClN3O3/c1-4-11(3)19-14(22)10-21-15(23)17(5-2,20-16(21)24)12-6-8-13(18)9-7-12/h6-9,11H,4-5,10H2,1-3H3,(H,19,22)(H,20,24)/t11-,17-/m1/s1. The third-order valence-electron chi connectivity index (χ3n) is 4.36. The molecule has 1 fully saturated rings. The molecule has 1 heterocycles. The van der Waals surface area contributed by atoms with Crippen molar-refractivity contribution in [3.63, 3.8) is 0 Å². The lowest BCUT2D eigenvalue weighted by molar-refractivity contribution is -0.135. The van der Waals surface area contributed by atoms with Gasteiger partial charge in [-0.25, -0.2) is 4.79 Å². The fraction of sp³-hybridized carbons (Fsp3) is 0.471. The van der Waals surface area contributed by atoms with Gasteiger partial charge >= 0.3 is 6.03 Å². The Balaban J connectivity index is 2.23. The third kappa shape index (κ3) is 3.38. The monoisotopic (exact) mass is 351 g/mol. The van der Waals surface area contributed by atoms with E-state index in [1.165, 1.54) is 0 Å². The van der Waals surface area contributed by atoms with Crippen molar-refractivity contribution >= 4 is 29.4 Å². The van der Waals surface area contributed by atoms with Crippen molar-refractivity contribution in [3.05, 3.63) is 34.9 Å². The number of carbonyl (C=O) groups excluding carboxylic acids is 3. The molecule has 0 aliphatic carbocycles. The number of urea groups is 1. The quantitative estimate of drug-likeness (QED) is 0.772. The van der Waals surface area contributed by atoms with Crippen molar-refractivity contribution in [1.29, 1.82) is 0 Å². The maximum atomic E-state index is 12.9. The molecule has 130 valence electrons. The number of amides is 4. The van der Waals surface area contributed by atoms with E-state index in [4.69, 9.17) is 11.6 Å². The van der Waals surface area contributed by atoms with Gasteiger partial charge in [-0.05, 0) is 37.5 Å². The Morgan fingerprint density at radius 3 is 2.46 bits per heavy atom. The molecule has 1 aliphatic rings. The molecule has 4 amide bonds. The number of benzene rings is 1. The zero-order chi connectivity index (χ0) is 17.9. The van der Waals surface area contributed by atoms with Crippen molar-refractivity contribution in [3.8, 4) is 0 Å². The minimum atomic E-state index is -1.15. The largest absolute Gasteiger partial charge is 0.352 e. The van der Waals surface area contributed by atoms with Crippen LogP contribution in [0.2, 0.25) is 5.02 Å². The summed E-state index contributed by atoms with van der Waals surface area (Å²) in [5, 5.41) is 6.05. The summed E-state index contributed by atoms with van der Waals surface area (Å²) in [6.45, 7) is 5.34. The van der Waals surface area contributed by atoms with Crippen LogP contribution in [-0.4, -0.2) is 35.3 Å². The van der Waals surface area contributed by atoms with E-state index in [0.717, 1.165) is 11.3 Å². The van der Waals surface area contributed by atoms with E-state index >= 15 is 0 Å². The van der Waals surface area contributed by atoms with E-state index in [0.29, 0.717) is 17.0 Å². The van der Waals surface area contributed by atoms with Crippen LogP contribution in [-0.2, 0) is 15.1 Å². The van der Waals surface area contributed by atoms with Crippen molar-refractivity contribution in [2.45, 2.75) is 45.2 Å². The second kappa shape index (κ2) is 7.21. The van der Waals surface area contributed by atoms with Crippen molar-refractivity contribution in [1.82, 2.24) is 15.5 Å². The van der Waals surface area contributed by atoms with Gasteiger partial charge in [0, 0.05) is 11.1 Å². The lowest BCUT2D eigenvalue weighted by Crippen LogP contribution is -2.45. The zero-order valence-electron chi connectivity index (χ0n) is 14.1. The molecule has 0 radical (unpaired) electrons. The number of rotatable bonds is 6. The highest BCUT2D eigenvalue weighted by Crippen LogP contribution is 2.32. The Labute approximate surface area is 146 Å². The van der Waals surface area contributed by atoms with Crippen LogP contribution in [0.1, 0.15) is 39.2 Å². The molecule has 0 bridgehead atoms. The van der Waals surface area contributed by atoms with E-state index in [2.05, 4.69) is 10.6 Å². The molecular weight excluding hydrogens is 330 g/mol. The third-order valence-corrected chi connectivity index (χ3v) is 4.62. The lowest BCUT2D eigenvalue weighted by atomic mass is 9.87. The number of hydrogen-bond donors (Lipinski definition) is 2. The fourth-order valence-corrected chi connectivity index (χ4v) is 2.84. The van der Waals surface area contributed by atoms with E-state index in [1.807, 2.05) is 20.8 Å². The lowest BCUT2D eigenvalue weighted by Gasteiger charge is -2.25. The fourth-order valence-electron chi connectivity index (χ4n) is 2.71. The highest BCUT2D eigenvalue weighted by Gasteiger charge is 2.51. The van der Waals surface area contributed by atoms with Crippen molar-refractivity contribution < 1.29 is 14.4 Å². The van der Waals surface area contributed by atoms with Crippen LogP contribution in [0.15, 0.2) is 24.3 Å². The number of imide groups is 1. The van der Waals surface area contributed by atoms with Crippen LogP contribution in [0.25, 0.3) is 0 Å². The average molecular weight is 352 g/mol. The topological polar surface area (TPSA) is 78.5 Å². The van der Waals surface area contributed by atoms with Gasteiger partial charge in [0.05, 0.1) is 0 Å². The smallest absolute Gasteiger partial charge is 0.325 e. The van der Waals surface area contributed by atoms with Crippen molar-refractivity contribution in [2.24, 2.45) is 0 Å². The molecule has 0 spiro atoms. The Morgan fingerprint density at radius 2 is 1.92 bits per heavy atom. The molecule has 7 heteroatoms. The van der Waals surface area contributed by atoms with Crippen LogP contribution in [0.4, 0.5) is 4.79 Å². The molecular formula is C17H22ClN3O3. The van der Waals surface area contributed by atoms with Gasteiger partial charge in [0.15, 0.2) is 0 Å².